The molecule has 0 spiro atoms. The highest BCUT2D eigenvalue weighted by Gasteiger charge is 2.22. The van der Waals surface area contributed by atoms with Crippen LogP contribution in [0.4, 0.5) is 0 Å². The third-order valence-electron chi connectivity index (χ3n) is 2.58. The van der Waals surface area contributed by atoms with Crippen LogP contribution in [0.15, 0.2) is 24.3 Å². The van der Waals surface area contributed by atoms with Crippen LogP contribution in [0, 0.1) is 0 Å². The minimum absolute atomic E-state index is 0.0301. The SMILES string of the molecule is CC(=O)N(C)CC1COc2ccccc2O1. The molecule has 1 aliphatic rings. The van der Waals surface area contributed by atoms with Gasteiger partial charge in [-0.2, -0.15) is 0 Å². The summed E-state index contributed by atoms with van der Waals surface area (Å²) in [4.78, 5) is 12.7. The standard InChI is InChI=1S/C12H15NO3/c1-9(14)13(2)7-10-8-15-11-5-3-4-6-12(11)16-10/h3-6,10H,7-8H2,1-2H3. The smallest absolute Gasteiger partial charge is 0.219 e. The molecule has 1 aromatic carbocycles. The largest absolute Gasteiger partial charge is 0.486 e. The molecule has 1 unspecified atom stereocenters. The minimum atomic E-state index is -0.0937. The first-order valence-corrected chi connectivity index (χ1v) is 5.27. The lowest BCUT2D eigenvalue weighted by Gasteiger charge is -2.29. The molecular formula is C12H15NO3. The average Bonchev–Trinajstić information content (AvgIpc) is 2.28. The van der Waals surface area contributed by atoms with Gasteiger partial charge in [0.15, 0.2) is 17.6 Å². The van der Waals surface area contributed by atoms with Crippen LogP contribution in [0.2, 0.25) is 0 Å². The Morgan fingerprint density at radius 2 is 2.12 bits per heavy atom. The molecule has 4 nitrogen and oxygen atoms in total. The van der Waals surface area contributed by atoms with Crippen molar-refractivity contribution < 1.29 is 14.3 Å². The zero-order valence-corrected chi connectivity index (χ0v) is 9.47. The Hall–Kier alpha value is -1.71. The molecule has 1 atom stereocenters. The molecule has 0 N–H and O–H groups in total. The first kappa shape index (κ1) is 10.8. The zero-order chi connectivity index (χ0) is 11.5. The molecule has 1 aromatic rings. The number of rotatable bonds is 2. The van der Waals surface area contributed by atoms with E-state index < -0.39 is 0 Å². The van der Waals surface area contributed by atoms with Crippen molar-refractivity contribution in [3.8, 4) is 11.5 Å². The number of hydrogen-bond acceptors (Lipinski definition) is 3. The van der Waals surface area contributed by atoms with Gasteiger partial charge >= 0.3 is 0 Å². The number of carbonyl (C=O) groups is 1. The van der Waals surface area contributed by atoms with Crippen molar-refractivity contribution in [3.63, 3.8) is 0 Å². The Morgan fingerprint density at radius 3 is 2.81 bits per heavy atom. The highest BCUT2D eigenvalue weighted by Crippen LogP contribution is 2.30. The molecule has 0 saturated carbocycles. The van der Waals surface area contributed by atoms with E-state index in [-0.39, 0.29) is 12.0 Å². The number of para-hydroxylation sites is 2. The molecule has 86 valence electrons. The Morgan fingerprint density at radius 1 is 1.44 bits per heavy atom. The number of amides is 1. The zero-order valence-electron chi connectivity index (χ0n) is 9.47. The lowest BCUT2D eigenvalue weighted by molar-refractivity contribution is -0.128. The van der Waals surface area contributed by atoms with Gasteiger partial charge in [-0.05, 0) is 12.1 Å². The summed E-state index contributed by atoms with van der Waals surface area (Å²) in [7, 11) is 1.76. The molecule has 0 bridgehead atoms. The van der Waals surface area contributed by atoms with Crippen LogP contribution in [0.1, 0.15) is 6.92 Å². The van der Waals surface area contributed by atoms with Crippen LogP contribution in [0.3, 0.4) is 0 Å². The molecule has 0 aromatic heterocycles. The number of carbonyl (C=O) groups excluding carboxylic acids is 1. The van der Waals surface area contributed by atoms with Gasteiger partial charge in [-0.1, -0.05) is 12.1 Å². The first-order valence-electron chi connectivity index (χ1n) is 5.27. The van der Waals surface area contributed by atoms with Gasteiger partial charge in [0.05, 0.1) is 6.54 Å². The van der Waals surface area contributed by atoms with E-state index >= 15 is 0 Å². The van der Waals surface area contributed by atoms with Crippen LogP contribution in [-0.4, -0.2) is 37.1 Å². The quantitative estimate of drug-likeness (QED) is 0.755. The summed E-state index contributed by atoms with van der Waals surface area (Å²) in [5.74, 6) is 1.54. The highest BCUT2D eigenvalue weighted by atomic mass is 16.6. The fourth-order valence-corrected chi connectivity index (χ4v) is 1.59. The van der Waals surface area contributed by atoms with Gasteiger partial charge < -0.3 is 14.4 Å². The van der Waals surface area contributed by atoms with Crippen molar-refractivity contribution in [1.82, 2.24) is 4.90 Å². The molecule has 4 heteroatoms. The molecule has 1 aliphatic heterocycles. The third kappa shape index (κ3) is 2.27. The van der Waals surface area contributed by atoms with E-state index in [9.17, 15) is 4.79 Å². The monoisotopic (exact) mass is 221 g/mol. The first-order chi connectivity index (χ1) is 7.66. The number of nitrogens with zero attached hydrogens (tertiary/aromatic N) is 1. The van der Waals surface area contributed by atoms with Crippen LogP contribution in [-0.2, 0) is 4.79 Å². The summed E-state index contributed by atoms with van der Waals surface area (Å²) in [6, 6.07) is 7.55. The second-order valence-corrected chi connectivity index (χ2v) is 3.90. The van der Waals surface area contributed by atoms with E-state index in [0.29, 0.717) is 13.2 Å². The minimum Gasteiger partial charge on any atom is -0.486 e. The van der Waals surface area contributed by atoms with Crippen LogP contribution >= 0.6 is 0 Å². The average molecular weight is 221 g/mol. The Labute approximate surface area is 94.8 Å². The normalized spacial score (nSPS) is 18.0. The van der Waals surface area contributed by atoms with Crippen molar-refractivity contribution >= 4 is 5.91 Å². The van der Waals surface area contributed by atoms with Crippen molar-refractivity contribution in [2.24, 2.45) is 0 Å². The van der Waals surface area contributed by atoms with Gasteiger partial charge in [0, 0.05) is 14.0 Å². The second kappa shape index (κ2) is 4.43. The fraction of sp³-hybridized carbons (Fsp3) is 0.417. The van der Waals surface area contributed by atoms with Gasteiger partial charge in [-0.15, -0.1) is 0 Å². The highest BCUT2D eigenvalue weighted by molar-refractivity contribution is 5.72. The van der Waals surface area contributed by atoms with Gasteiger partial charge in [0.1, 0.15) is 6.61 Å². The predicted octanol–water partition coefficient (Wildman–Crippen LogP) is 1.30. The third-order valence-corrected chi connectivity index (χ3v) is 2.58. The lowest BCUT2D eigenvalue weighted by Crippen LogP contribution is -2.41. The molecule has 2 rings (SSSR count). The maximum absolute atomic E-state index is 11.1. The number of ether oxygens (including phenoxy) is 2. The fourth-order valence-electron chi connectivity index (χ4n) is 1.59. The maximum atomic E-state index is 11.1. The lowest BCUT2D eigenvalue weighted by atomic mass is 10.2. The van der Waals surface area contributed by atoms with Crippen molar-refractivity contribution in [3.05, 3.63) is 24.3 Å². The van der Waals surface area contributed by atoms with Gasteiger partial charge in [-0.25, -0.2) is 0 Å². The van der Waals surface area contributed by atoms with E-state index in [1.54, 1.807) is 11.9 Å². The summed E-state index contributed by atoms with van der Waals surface area (Å²) in [6.45, 7) is 2.57. The van der Waals surface area contributed by atoms with Crippen LogP contribution < -0.4 is 9.47 Å². The topological polar surface area (TPSA) is 38.8 Å². The van der Waals surface area contributed by atoms with Crippen LogP contribution in [0.25, 0.3) is 0 Å². The summed E-state index contributed by atoms with van der Waals surface area (Å²) in [5, 5.41) is 0. The van der Waals surface area contributed by atoms with Gasteiger partial charge in [0.25, 0.3) is 0 Å². The Bertz CT molecular complexity index is 392. The van der Waals surface area contributed by atoms with E-state index in [2.05, 4.69) is 0 Å². The number of likely N-dealkylation sites (N-methyl/N-ethyl adjacent to an activating group) is 1. The molecule has 0 aliphatic carbocycles. The van der Waals surface area contributed by atoms with Crippen molar-refractivity contribution in [2.75, 3.05) is 20.2 Å². The van der Waals surface area contributed by atoms with E-state index in [4.69, 9.17) is 9.47 Å². The van der Waals surface area contributed by atoms with Gasteiger partial charge in [-0.3, -0.25) is 4.79 Å². The molecule has 16 heavy (non-hydrogen) atoms. The number of benzene rings is 1. The predicted molar refractivity (Wildman–Crippen MR) is 59.7 cm³/mol. The summed E-state index contributed by atoms with van der Waals surface area (Å²) < 4.78 is 11.3. The Balaban J connectivity index is 2.00. The summed E-state index contributed by atoms with van der Waals surface area (Å²) >= 11 is 0. The molecule has 1 heterocycles. The molecular weight excluding hydrogens is 206 g/mol. The van der Waals surface area contributed by atoms with Gasteiger partial charge in [0.2, 0.25) is 5.91 Å². The summed E-state index contributed by atoms with van der Waals surface area (Å²) in [5.41, 5.74) is 0. The molecule has 0 saturated heterocycles. The number of hydrogen-bond donors (Lipinski definition) is 0. The Kier molecular flexibility index (Phi) is 2.99. The maximum Gasteiger partial charge on any atom is 0.219 e. The van der Waals surface area contributed by atoms with E-state index in [1.807, 2.05) is 24.3 Å². The van der Waals surface area contributed by atoms with Crippen LogP contribution in [0.5, 0.6) is 11.5 Å². The van der Waals surface area contributed by atoms with Crippen molar-refractivity contribution in [2.45, 2.75) is 13.0 Å². The van der Waals surface area contributed by atoms with E-state index in [1.165, 1.54) is 6.92 Å². The second-order valence-electron chi connectivity index (χ2n) is 3.90. The van der Waals surface area contributed by atoms with E-state index in [0.717, 1.165) is 11.5 Å². The molecule has 0 radical (unpaired) electrons. The molecule has 0 fully saturated rings. The van der Waals surface area contributed by atoms with Crippen molar-refractivity contribution in [1.29, 1.82) is 0 Å². The number of fused-ring (bicyclic) bond motifs is 1. The molecule has 1 amide bonds. The summed E-state index contributed by atoms with van der Waals surface area (Å²) in [6.07, 6.45) is -0.0937.